The summed E-state index contributed by atoms with van der Waals surface area (Å²) in [6.07, 6.45) is 1.33. The van der Waals surface area contributed by atoms with Crippen molar-refractivity contribution in [3.8, 4) is 6.07 Å². The standard InChI is InChI=1S/C12H22N2/c1-9-5-11(3)12(4)14(7-9)8-10(2)6-13/h9-12H,5,7-8H2,1-4H3. The Hall–Kier alpha value is -0.550. The minimum absolute atomic E-state index is 0.162. The monoisotopic (exact) mass is 194 g/mol. The Morgan fingerprint density at radius 1 is 1.43 bits per heavy atom. The van der Waals surface area contributed by atoms with E-state index in [1.54, 1.807) is 0 Å². The molecule has 0 N–H and O–H groups in total. The lowest BCUT2D eigenvalue weighted by molar-refractivity contribution is 0.0730. The normalized spacial score (nSPS) is 36.4. The van der Waals surface area contributed by atoms with Crippen LogP contribution in [-0.2, 0) is 0 Å². The van der Waals surface area contributed by atoms with E-state index in [0.717, 1.165) is 24.9 Å². The van der Waals surface area contributed by atoms with Gasteiger partial charge in [-0.05, 0) is 32.1 Å². The van der Waals surface area contributed by atoms with E-state index in [1.807, 2.05) is 6.92 Å². The van der Waals surface area contributed by atoms with E-state index in [0.29, 0.717) is 6.04 Å². The first kappa shape index (κ1) is 11.5. The molecular formula is C12H22N2. The van der Waals surface area contributed by atoms with Crippen LogP contribution in [0.25, 0.3) is 0 Å². The van der Waals surface area contributed by atoms with Crippen LogP contribution in [0.2, 0.25) is 0 Å². The molecule has 2 nitrogen and oxygen atoms in total. The van der Waals surface area contributed by atoms with Gasteiger partial charge in [0.05, 0.1) is 12.0 Å². The molecule has 1 aliphatic rings. The summed E-state index contributed by atoms with van der Waals surface area (Å²) in [5.74, 6) is 1.71. The first-order valence-corrected chi connectivity index (χ1v) is 5.68. The fourth-order valence-electron chi connectivity index (χ4n) is 2.47. The Bertz CT molecular complexity index is 219. The molecular weight excluding hydrogens is 172 g/mol. The van der Waals surface area contributed by atoms with Gasteiger partial charge in [0, 0.05) is 19.1 Å². The summed E-state index contributed by atoms with van der Waals surface area (Å²) in [5, 5.41) is 8.81. The maximum atomic E-state index is 8.81. The Morgan fingerprint density at radius 2 is 2.07 bits per heavy atom. The van der Waals surface area contributed by atoms with Gasteiger partial charge in [-0.3, -0.25) is 4.90 Å². The summed E-state index contributed by atoms with van der Waals surface area (Å²) in [5.41, 5.74) is 0. The molecule has 2 heteroatoms. The first-order valence-electron chi connectivity index (χ1n) is 5.68. The molecule has 0 aliphatic carbocycles. The van der Waals surface area contributed by atoms with Crippen molar-refractivity contribution in [3.05, 3.63) is 0 Å². The predicted molar refractivity (Wildman–Crippen MR) is 58.8 cm³/mol. The lowest BCUT2D eigenvalue weighted by Gasteiger charge is -2.41. The molecule has 1 fully saturated rings. The van der Waals surface area contributed by atoms with E-state index >= 15 is 0 Å². The molecule has 0 saturated carbocycles. The van der Waals surface area contributed by atoms with Crippen LogP contribution in [-0.4, -0.2) is 24.0 Å². The Balaban J connectivity index is 2.54. The quantitative estimate of drug-likeness (QED) is 0.675. The Morgan fingerprint density at radius 3 is 2.64 bits per heavy atom. The van der Waals surface area contributed by atoms with Crippen LogP contribution in [0.3, 0.4) is 0 Å². The summed E-state index contributed by atoms with van der Waals surface area (Å²) in [6, 6.07) is 2.96. The number of rotatable bonds is 2. The van der Waals surface area contributed by atoms with Crippen molar-refractivity contribution in [2.45, 2.75) is 40.2 Å². The smallest absolute Gasteiger partial charge is 0.0666 e. The van der Waals surface area contributed by atoms with Crippen LogP contribution < -0.4 is 0 Å². The van der Waals surface area contributed by atoms with E-state index in [4.69, 9.17) is 5.26 Å². The molecule has 0 aromatic rings. The van der Waals surface area contributed by atoms with Crippen molar-refractivity contribution in [2.75, 3.05) is 13.1 Å². The summed E-state index contributed by atoms with van der Waals surface area (Å²) in [7, 11) is 0. The molecule has 4 unspecified atom stereocenters. The van der Waals surface area contributed by atoms with Gasteiger partial charge in [-0.15, -0.1) is 0 Å². The van der Waals surface area contributed by atoms with Gasteiger partial charge in [0.25, 0.3) is 0 Å². The average molecular weight is 194 g/mol. The van der Waals surface area contributed by atoms with Gasteiger partial charge < -0.3 is 0 Å². The second kappa shape index (κ2) is 4.79. The lowest BCUT2D eigenvalue weighted by atomic mass is 9.85. The third-order valence-electron chi connectivity index (χ3n) is 3.45. The SMILES string of the molecule is CC(C#N)CN1CC(C)CC(C)C1C. The maximum Gasteiger partial charge on any atom is 0.0666 e. The van der Waals surface area contributed by atoms with Gasteiger partial charge in [-0.1, -0.05) is 13.8 Å². The second-order valence-corrected chi connectivity index (χ2v) is 5.04. The topological polar surface area (TPSA) is 27.0 Å². The van der Waals surface area contributed by atoms with Gasteiger partial charge in [-0.2, -0.15) is 5.26 Å². The zero-order chi connectivity index (χ0) is 10.7. The summed E-state index contributed by atoms with van der Waals surface area (Å²) < 4.78 is 0. The minimum Gasteiger partial charge on any atom is -0.299 e. The van der Waals surface area contributed by atoms with E-state index in [1.165, 1.54) is 6.42 Å². The fraction of sp³-hybridized carbons (Fsp3) is 0.917. The fourth-order valence-corrected chi connectivity index (χ4v) is 2.47. The van der Waals surface area contributed by atoms with E-state index in [9.17, 15) is 0 Å². The zero-order valence-corrected chi connectivity index (χ0v) is 9.83. The third kappa shape index (κ3) is 2.72. The summed E-state index contributed by atoms with van der Waals surface area (Å²) in [6.45, 7) is 11.0. The van der Waals surface area contributed by atoms with Gasteiger partial charge in [0.1, 0.15) is 0 Å². The van der Waals surface area contributed by atoms with Crippen LogP contribution in [0.1, 0.15) is 34.1 Å². The molecule has 0 aromatic heterocycles. The van der Waals surface area contributed by atoms with Crippen molar-refractivity contribution in [1.29, 1.82) is 5.26 Å². The predicted octanol–water partition coefficient (Wildman–Crippen LogP) is 2.51. The van der Waals surface area contributed by atoms with Gasteiger partial charge in [0.2, 0.25) is 0 Å². The molecule has 1 saturated heterocycles. The minimum atomic E-state index is 0.162. The molecule has 0 bridgehead atoms. The maximum absolute atomic E-state index is 8.81. The molecule has 80 valence electrons. The highest BCUT2D eigenvalue weighted by molar-refractivity contribution is 4.87. The molecule has 0 radical (unpaired) electrons. The van der Waals surface area contributed by atoms with Gasteiger partial charge in [0.15, 0.2) is 0 Å². The van der Waals surface area contributed by atoms with Crippen molar-refractivity contribution in [1.82, 2.24) is 4.90 Å². The number of nitrogens with zero attached hydrogens (tertiary/aromatic N) is 2. The molecule has 1 heterocycles. The third-order valence-corrected chi connectivity index (χ3v) is 3.45. The molecule has 1 aliphatic heterocycles. The first-order chi connectivity index (χ1) is 6.54. The number of piperidine rings is 1. The molecule has 0 aromatic carbocycles. The zero-order valence-electron chi connectivity index (χ0n) is 9.83. The molecule has 0 amide bonds. The lowest BCUT2D eigenvalue weighted by Crippen LogP contribution is -2.47. The van der Waals surface area contributed by atoms with Crippen molar-refractivity contribution in [3.63, 3.8) is 0 Å². The van der Waals surface area contributed by atoms with Gasteiger partial charge >= 0.3 is 0 Å². The van der Waals surface area contributed by atoms with Crippen LogP contribution in [0.15, 0.2) is 0 Å². The average Bonchev–Trinajstić information content (AvgIpc) is 2.13. The number of likely N-dealkylation sites (tertiary alicyclic amines) is 1. The van der Waals surface area contributed by atoms with Crippen LogP contribution in [0, 0.1) is 29.1 Å². The Kier molecular flexibility index (Phi) is 3.95. The molecule has 1 rings (SSSR count). The molecule has 0 spiro atoms. The van der Waals surface area contributed by atoms with Crippen LogP contribution >= 0.6 is 0 Å². The van der Waals surface area contributed by atoms with Crippen LogP contribution in [0.4, 0.5) is 0 Å². The van der Waals surface area contributed by atoms with E-state index < -0.39 is 0 Å². The van der Waals surface area contributed by atoms with E-state index in [2.05, 4.69) is 31.7 Å². The van der Waals surface area contributed by atoms with Crippen molar-refractivity contribution >= 4 is 0 Å². The van der Waals surface area contributed by atoms with Crippen LogP contribution in [0.5, 0.6) is 0 Å². The highest BCUT2D eigenvalue weighted by atomic mass is 15.2. The van der Waals surface area contributed by atoms with Crippen molar-refractivity contribution in [2.24, 2.45) is 17.8 Å². The largest absolute Gasteiger partial charge is 0.299 e. The number of hydrogen-bond acceptors (Lipinski definition) is 2. The summed E-state index contributed by atoms with van der Waals surface area (Å²) >= 11 is 0. The highest BCUT2D eigenvalue weighted by Gasteiger charge is 2.29. The Labute approximate surface area is 87.9 Å². The van der Waals surface area contributed by atoms with E-state index in [-0.39, 0.29) is 5.92 Å². The second-order valence-electron chi connectivity index (χ2n) is 5.04. The number of nitriles is 1. The molecule has 4 atom stereocenters. The summed E-state index contributed by atoms with van der Waals surface area (Å²) in [4.78, 5) is 2.48. The molecule has 14 heavy (non-hydrogen) atoms. The highest BCUT2D eigenvalue weighted by Crippen LogP contribution is 2.27. The van der Waals surface area contributed by atoms with Crippen molar-refractivity contribution < 1.29 is 0 Å². The van der Waals surface area contributed by atoms with Gasteiger partial charge in [-0.25, -0.2) is 0 Å². The number of hydrogen-bond donors (Lipinski definition) is 0.